The Morgan fingerprint density at radius 1 is 1.14 bits per heavy atom. The SMILES string of the molecule is CC(N)C(c1cccc(F)c1)N1CCN(C(C)(C)C)CC1. The second kappa shape index (κ2) is 6.42. The number of nitrogens with two attached hydrogens (primary N) is 1. The van der Waals surface area contributed by atoms with Crippen LogP contribution in [0, 0.1) is 5.82 Å². The second-order valence-electron chi connectivity index (χ2n) is 7.05. The molecule has 3 nitrogen and oxygen atoms in total. The minimum Gasteiger partial charge on any atom is -0.326 e. The van der Waals surface area contributed by atoms with Crippen LogP contribution in [0.3, 0.4) is 0 Å². The van der Waals surface area contributed by atoms with Gasteiger partial charge < -0.3 is 5.73 Å². The van der Waals surface area contributed by atoms with E-state index in [2.05, 4.69) is 30.6 Å². The van der Waals surface area contributed by atoms with Crippen LogP contribution in [-0.4, -0.2) is 47.6 Å². The molecule has 0 saturated carbocycles. The number of piperazine rings is 1. The highest BCUT2D eigenvalue weighted by molar-refractivity contribution is 5.22. The first-order chi connectivity index (χ1) is 9.79. The van der Waals surface area contributed by atoms with Gasteiger partial charge in [-0.2, -0.15) is 0 Å². The van der Waals surface area contributed by atoms with Gasteiger partial charge in [0.2, 0.25) is 0 Å². The molecule has 2 N–H and O–H groups in total. The first-order valence-corrected chi connectivity index (χ1v) is 7.79. The summed E-state index contributed by atoms with van der Waals surface area (Å²) < 4.78 is 13.5. The van der Waals surface area contributed by atoms with Crippen molar-refractivity contribution < 1.29 is 4.39 Å². The van der Waals surface area contributed by atoms with Crippen molar-refractivity contribution in [3.05, 3.63) is 35.6 Å². The van der Waals surface area contributed by atoms with Crippen molar-refractivity contribution in [2.24, 2.45) is 5.73 Å². The fourth-order valence-electron chi connectivity index (χ4n) is 3.21. The summed E-state index contributed by atoms with van der Waals surface area (Å²) in [5.41, 5.74) is 7.38. The summed E-state index contributed by atoms with van der Waals surface area (Å²) >= 11 is 0. The quantitative estimate of drug-likeness (QED) is 0.930. The first kappa shape index (κ1) is 16.4. The van der Waals surface area contributed by atoms with Gasteiger partial charge in [-0.25, -0.2) is 4.39 Å². The Labute approximate surface area is 127 Å². The van der Waals surface area contributed by atoms with E-state index in [1.54, 1.807) is 12.1 Å². The summed E-state index contributed by atoms with van der Waals surface area (Å²) in [7, 11) is 0. The Hall–Kier alpha value is -0.970. The molecule has 1 heterocycles. The van der Waals surface area contributed by atoms with E-state index in [0.717, 1.165) is 31.7 Å². The van der Waals surface area contributed by atoms with Crippen LogP contribution in [0.4, 0.5) is 4.39 Å². The summed E-state index contributed by atoms with van der Waals surface area (Å²) in [6.45, 7) is 12.8. The topological polar surface area (TPSA) is 32.5 Å². The Morgan fingerprint density at radius 3 is 2.24 bits per heavy atom. The molecular formula is C17H28FN3. The zero-order valence-corrected chi connectivity index (χ0v) is 13.6. The monoisotopic (exact) mass is 293 g/mol. The number of rotatable bonds is 3. The zero-order valence-electron chi connectivity index (χ0n) is 13.6. The van der Waals surface area contributed by atoms with Crippen molar-refractivity contribution in [1.29, 1.82) is 0 Å². The summed E-state index contributed by atoms with van der Waals surface area (Å²) in [4.78, 5) is 4.88. The average molecular weight is 293 g/mol. The fraction of sp³-hybridized carbons (Fsp3) is 0.647. The van der Waals surface area contributed by atoms with Crippen molar-refractivity contribution in [3.63, 3.8) is 0 Å². The number of hydrogen-bond acceptors (Lipinski definition) is 3. The smallest absolute Gasteiger partial charge is 0.123 e. The van der Waals surface area contributed by atoms with Gasteiger partial charge in [0.05, 0.1) is 0 Å². The molecule has 0 aromatic heterocycles. The summed E-state index contributed by atoms with van der Waals surface area (Å²) in [6, 6.07) is 6.91. The van der Waals surface area contributed by atoms with Gasteiger partial charge >= 0.3 is 0 Å². The van der Waals surface area contributed by atoms with Crippen molar-refractivity contribution in [1.82, 2.24) is 9.80 Å². The third-order valence-corrected chi connectivity index (χ3v) is 4.34. The first-order valence-electron chi connectivity index (χ1n) is 7.79. The van der Waals surface area contributed by atoms with Crippen LogP contribution in [0.1, 0.15) is 39.3 Å². The summed E-state index contributed by atoms with van der Waals surface area (Å²) in [6.07, 6.45) is 0. The lowest BCUT2D eigenvalue weighted by molar-refractivity contribution is 0.0368. The fourth-order valence-corrected chi connectivity index (χ4v) is 3.21. The molecule has 0 amide bonds. The van der Waals surface area contributed by atoms with Gasteiger partial charge in [-0.1, -0.05) is 12.1 Å². The molecule has 0 radical (unpaired) electrons. The lowest BCUT2D eigenvalue weighted by Crippen LogP contribution is -2.55. The zero-order chi connectivity index (χ0) is 15.6. The predicted molar refractivity (Wildman–Crippen MR) is 85.7 cm³/mol. The average Bonchev–Trinajstić information content (AvgIpc) is 2.38. The van der Waals surface area contributed by atoms with Gasteiger partial charge in [0.1, 0.15) is 5.82 Å². The molecule has 1 saturated heterocycles. The molecule has 4 heteroatoms. The van der Waals surface area contributed by atoms with Gasteiger partial charge in [0.25, 0.3) is 0 Å². The van der Waals surface area contributed by atoms with E-state index in [9.17, 15) is 4.39 Å². The third-order valence-electron chi connectivity index (χ3n) is 4.34. The lowest BCUT2D eigenvalue weighted by atomic mass is 9.97. The van der Waals surface area contributed by atoms with Crippen molar-refractivity contribution in [2.75, 3.05) is 26.2 Å². The maximum Gasteiger partial charge on any atom is 0.123 e. The molecule has 118 valence electrons. The van der Waals surface area contributed by atoms with Crippen LogP contribution in [0.2, 0.25) is 0 Å². The molecule has 1 aromatic carbocycles. The molecule has 2 unspecified atom stereocenters. The minimum atomic E-state index is -0.188. The van der Waals surface area contributed by atoms with Crippen LogP contribution < -0.4 is 5.73 Å². The number of hydrogen-bond donors (Lipinski definition) is 1. The molecule has 0 spiro atoms. The van der Waals surface area contributed by atoms with Crippen LogP contribution in [-0.2, 0) is 0 Å². The largest absolute Gasteiger partial charge is 0.326 e. The summed E-state index contributed by atoms with van der Waals surface area (Å²) in [5, 5.41) is 0. The summed E-state index contributed by atoms with van der Waals surface area (Å²) in [5.74, 6) is -0.188. The highest BCUT2D eigenvalue weighted by Crippen LogP contribution is 2.27. The highest BCUT2D eigenvalue weighted by atomic mass is 19.1. The predicted octanol–water partition coefficient (Wildman–Crippen LogP) is 2.63. The van der Waals surface area contributed by atoms with E-state index in [1.165, 1.54) is 6.07 Å². The standard InChI is InChI=1S/C17H28FN3/c1-13(19)16(14-6-5-7-15(18)12-14)20-8-10-21(11-9-20)17(2,3)4/h5-7,12-13,16H,8-11,19H2,1-4H3. The minimum absolute atomic E-state index is 0.0204. The number of halogens is 1. The normalized spacial score (nSPS) is 21.2. The number of nitrogens with zero attached hydrogens (tertiary/aromatic N) is 2. The van der Waals surface area contributed by atoms with Crippen molar-refractivity contribution in [3.8, 4) is 0 Å². The van der Waals surface area contributed by atoms with Crippen LogP contribution in [0.5, 0.6) is 0 Å². The molecule has 0 aliphatic carbocycles. The van der Waals surface area contributed by atoms with E-state index in [0.29, 0.717) is 0 Å². The maximum atomic E-state index is 13.5. The lowest BCUT2D eigenvalue weighted by Gasteiger charge is -2.45. The van der Waals surface area contributed by atoms with E-state index >= 15 is 0 Å². The molecule has 21 heavy (non-hydrogen) atoms. The van der Waals surface area contributed by atoms with Gasteiger partial charge in [0, 0.05) is 43.8 Å². The van der Waals surface area contributed by atoms with Crippen molar-refractivity contribution >= 4 is 0 Å². The Kier molecular flexibility index (Phi) is 5.02. The van der Waals surface area contributed by atoms with E-state index < -0.39 is 0 Å². The molecule has 1 fully saturated rings. The van der Waals surface area contributed by atoms with Crippen LogP contribution in [0.25, 0.3) is 0 Å². The Balaban J connectivity index is 2.11. The number of benzene rings is 1. The second-order valence-corrected chi connectivity index (χ2v) is 7.05. The molecule has 1 aromatic rings. The van der Waals surface area contributed by atoms with Gasteiger partial charge in [0.15, 0.2) is 0 Å². The Bertz CT molecular complexity index is 459. The molecule has 1 aliphatic rings. The van der Waals surface area contributed by atoms with Gasteiger partial charge in [-0.05, 0) is 45.4 Å². The molecule has 2 rings (SSSR count). The van der Waals surface area contributed by atoms with E-state index in [-0.39, 0.29) is 23.4 Å². The molecular weight excluding hydrogens is 265 g/mol. The van der Waals surface area contributed by atoms with Crippen LogP contribution >= 0.6 is 0 Å². The molecule has 1 aliphatic heterocycles. The molecule has 2 atom stereocenters. The van der Waals surface area contributed by atoms with Gasteiger partial charge in [-0.3, -0.25) is 9.80 Å². The highest BCUT2D eigenvalue weighted by Gasteiger charge is 2.31. The Morgan fingerprint density at radius 2 is 1.76 bits per heavy atom. The van der Waals surface area contributed by atoms with Crippen molar-refractivity contribution in [2.45, 2.75) is 45.3 Å². The third kappa shape index (κ3) is 4.02. The van der Waals surface area contributed by atoms with E-state index in [4.69, 9.17) is 5.73 Å². The van der Waals surface area contributed by atoms with Gasteiger partial charge in [-0.15, -0.1) is 0 Å². The maximum absolute atomic E-state index is 13.5. The molecule has 0 bridgehead atoms. The van der Waals surface area contributed by atoms with E-state index in [1.807, 2.05) is 13.0 Å². The van der Waals surface area contributed by atoms with Crippen LogP contribution in [0.15, 0.2) is 24.3 Å².